The van der Waals surface area contributed by atoms with Crippen LogP contribution in [0.15, 0.2) is 47.0 Å². The largest absolute Gasteiger partial charge is 0.495 e. The lowest BCUT2D eigenvalue weighted by atomic mass is 10.1. The van der Waals surface area contributed by atoms with Crippen LogP contribution < -0.4 is 9.64 Å². The van der Waals surface area contributed by atoms with Gasteiger partial charge >= 0.3 is 0 Å². The van der Waals surface area contributed by atoms with Gasteiger partial charge in [0.15, 0.2) is 5.82 Å². The van der Waals surface area contributed by atoms with E-state index in [-0.39, 0.29) is 18.2 Å². The van der Waals surface area contributed by atoms with Crippen molar-refractivity contribution in [2.24, 2.45) is 0 Å². The monoisotopic (exact) mass is 394 g/mol. The third-order valence-corrected chi connectivity index (χ3v) is 4.86. The van der Waals surface area contributed by atoms with Crippen LogP contribution >= 0.6 is 11.6 Å². The van der Waals surface area contributed by atoms with Gasteiger partial charge in [0.25, 0.3) is 5.89 Å². The van der Waals surface area contributed by atoms with Gasteiger partial charge in [0.2, 0.25) is 5.91 Å². The van der Waals surface area contributed by atoms with Crippen LogP contribution in [0.4, 0.5) is 5.69 Å². The molecule has 1 amide bonds. The van der Waals surface area contributed by atoms with E-state index in [1.165, 1.54) is 0 Å². The maximum Gasteiger partial charge on any atom is 0.257 e. The Morgan fingerprint density at radius 2 is 2.07 bits per heavy atom. The molecule has 1 fully saturated rings. The molecule has 0 radical (unpaired) electrons. The van der Waals surface area contributed by atoms with Gasteiger partial charge in [0.1, 0.15) is 5.75 Å². The molecule has 0 N–H and O–H groups in total. The number of methoxy groups -OCH3 is 1. The van der Waals surface area contributed by atoms with Crippen LogP contribution in [0, 0.1) is 11.3 Å². The quantitative estimate of drug-likeness (QED) is 0.668. The Bertz CT molecular complexity index is 1070. The number of hydrogen-bond donors (Lipinski definition) is 0. The number of anilines is 1. The number of benzene rings is 2. The zero-order valence-corrected chi connectivity index (χ0v) is 15.7. The van der Waals surface area contributed by atoms with Crippen LogP contribution in [0.3, 0.4) is 0 Å². The highest BCUT2D eigenvalue weighted by atomic mass is 35.5. The first-order valence-corrected chi connectivity index (χ1v) is 8.95. The number of hydrogen-bond acceptors (Lipinski definition) is 6. The summed E-state index contributed by atoms with van der Waals surface area (Å²) >= 11 is 6.09. The van der Waals surface area contributed by atoms with Crippen LogP contribution in [0.2, 0.25) is 5.02 Å². The molecule has 7 nitrogen and oxygen atoms in total. The molecule has 1 aliphatic heterocycles. The average molecular weight is 395 g/mol. The Balaban J connectivity index is 1.57. The summed E-state index contributed by atoms with van der Waals surface area (Å²) in [6.45, 7) is 0.405. The fraction of sp³-hybridized carbons (Fsp3) is 0.200. The molecule has 1 atom stereocenters. The molecule has 8 heteroatoms. The van der Waals surface area contributed by atoms with E-state index in [2.05, 4.69) is 16.2 Å². The number of carbonyl (C=O) groups is 1. The first-order valence-electron chi connectivity index (χ1n) is 8.57. The molecule has 140 valence electrons. The third kappa shape index (κ3) is 3.30. The topological polar surface area (TPSA) is 92.2 Å². The highest BCUT2D eigenvalue weighted by Crippen LogP contribution is 2.37. The van der Waals surface area contributed by atoms with Gasteiger partial charge in [-0.3, -0.25) is 4.79 Å². The minimum Gasteiger partial charge on any atom is -0.495 e. The molecule has 1 saturated heterocycles. The van der Waals surface area contributed by atoms with Crippen molar-refractivity contribution in [3.05, 3.63) is 58.9 Å². The van der Waals surface area contributed by atoms with Gasteiger partial charge in [-0.05, 0) is 42.5 Å². The van der Waals surface area contributed by atoms with E-state index in [0.717, 1.165) is 5.56 Å². The van der Waals surface area contributed by atoms with Gasteiger partial charge in [-0.2, -0.15) is 10.2 Å². The van der Waals surface area contributed by atoms with Crippen molar-refractivity contribution in [3.8, 4) is 23.3 Å². The Kier molecular flexibility index (Phi) is 4.72. The molecule has 3 aromatic rings. The second-order valence-electron chi connectivity index (χ2n) is 6.37. The van der Waals surface area contributed by atoms with Crippen LogP contribution in [-0.2, 0) is 4.79 Å². The molecule has 28 heavy (non-hydrogen) atoms. The molecule has 1 unspecified atom stereocenters. The maximum atomic E-state index is 12.6. The molecule has 0 saturated carbocycles. The summed E-state index contributed by atoms with van der Waals surface area (Å²) in [5.74, 6) is 1.13. The van der Waals surface area contributed by atoms with Crippen LogP contribution in [0.1, 0.15) is 23.7 Å². The normalized spacial score (nSPS) is 16.2. The van der Waals surface area contributed by atoms with E-state index in [4.69, 9.17) is 26.1 Å². The number of aromatic nitrogens is 2. The van der Waals surface area contributed by atoms with Crippen molar-refractivity contribution in [1.82, 2.24) is 10.1 Å². The lowest BCUT2D eigenvalue weighted by Gasteiger charge is -2.19. The van der Waals surface area contributed by atoms with Gasteiger partial charge in [0.05, 0.1) is 24.4 Å². The number of nitrogens with zero attached hydrogens (tertiary/aromatic N) is 4. The Hall–Kier alpha value is -3.37. The molecule has 1 aliphatic rings. The molecule has 1 aromatic heterocycles. The van der Waals surface area contributed by atoms with Gasteiger partial charge in [-0.15, -0.1) is 0 Å². The number of rotatable bonds is 4. The van der Waals surface area contributed by atoms with Crippen molar-refractivity contribution in [1.29, 1.82) is 5.26 Å². The number of nitriles is 1. The lowest BCUT2D eigenvalue weighted by molar-refractivity contribution is -0.117. The summed E-state index contributed by atoms with van der Waals surface area (Å²) in [5, 5.41) is 13.5. The lowest BCUT2D eigenvalue weighted by Crippen LogP contribution is -2.24. The first-order chi connectivity index (χ1) is 13.6. The summed E-state index contributed by atoms with van der Waals surface area (Å²) < 4.78 is 10.7. The Labute approximate surface area is 166 Å². The van der Waals surface area contributed by atoms with Crippen molar-refractivity contribution in [2.75, 3.05) is 18.6 Å². The summed E-state index contributed by atoms with van der Waals surface area (Å²) in [5.41, 5.74) is 1.89. The number of ether oxygens (including phenoxy) is 1. The Morgan fingerprint density at radius 3 is 2.79 bits per heavy atom. The van der Waals surface area contributed by atoms with Gasteiger partial charge in [-0.1, -0.05) is 16.8 Å². The molecule has 0 bridgehead atoms. The number of amides is 1. The van der Waals surface area contributed by atoms with E-state index in [1.54, 1.807) is 54.5 Å². The van der Waals surface area contributed by atoms with E-state index < -0.39 is 0 Å². The fourth-order valence-electron chi connectivity index (χ4n) is 3.19. The zero-order valence-electron chi connectivity index (χ0n) is 14.9. The first kappa shape index (κ1) is 18.0. The second-order valence-corrected chi connectivity index (χ2v) is 6.80. The van der Waals surface area contributed by atoms with Gasteiger partial charge < -0.3 is 14.2 Å². The average Bonchev–Trinajstić information content (AvgIpc) is 3.35. The number of halogens is 1. The highest BCUT2D eigenvalue weighted by Gasteiger charge is 2.36. The summed E-state index contributed by atoms with van der Waals surface area (Å²) in [4.78, 5) is 18.7. The minimum atomic E-state index is -0.202. The summed E-state index contributed by atoms with van der Waals surface area (Å²) in [6, 6.07) is 14.1. The number of carbonyl (C=O) groups excluding carboxylic acids is 1. The van der Waals surface area contributed by atoms with Crippen LogP contribution in [0.25, 0.3) is 11.5 Å². The minimum absolute atomic E-state index is 0.0599. The second kappa shape index (κ2) is 7.33. The third-order valence-electron chi connectivity index (χ3n) is 4.62. The Morgan fingerprint density at radius 1 is 1.29 bits per heavy atom. The van der Waals surface area contributed by atoms with E-state index >= 15 is 0 Å². The molecule has 0 spiro atoms. The van der Waals surface area contributed by atoms with E-state index in [9.17, 15) is 4.79 Å². The molecule has 2 aromatic carbocycles. The highest BCUT2D eigenvalue weighted by molar-refractivity contribution is 6.31. The molecule has 2 heterocycles. The maximum absolute atomic E-state index is 12.6. The fourth-order valence-corrected chi connectivity index (χ4v) is 3.36. The van der Waals surface area contributed by atoms with Gasteiger partial charge in [0, 0.05) is 29.5 Å². The van der Waals surface area contributed by atoms with Gasteiger partial charge in [-0.25, -0.2) is 0 Å². The van der Waals surface area contributed by atoms with Crippen LogP contribution in [-0.4, -0.2) is 29.7 Å². The van der Waals surface area contributed by atoms with Crippen LogP contribution in [0.5, 0.6) is 5.75 Å². The molecular weight excluding hydrogens is 380 g/mol. The van der Waals surface area contributed by atoms with Crippen molar-refractivity contribution >= 4 is 23.2 Å². The van der Waals surface area contributed by atoms with Crippen molar-refractivity contribution in [3.63, 3.8) is 0 Å². The van der Waals surface area contributed by atoms with Crippen molar-refractivity contribution < 1.29 is 14.1 Å². The van der Waals surface area contributed by atoms with E-state index in [0.29, 0.717) is 40.3 Å². The van der Waals surface area contributed by atoms with E-state index in [1.807, 2.05) is 0 Å². The SMILES string of the molecule is COc1ccc(Cl)cc1N1CC(c2noc(-c3ccc(C#N)cc3)n2)CC1=O. The standard InChI is InChI=1S/C20H15ClN4O3/c1-27-17-7-6-15(21)9-16(17)25-11-14(8-18(25)26)19-23-20(28-24-19)13-4-2-12(10-22)3-5-13/h2-7,9,14H,8,11H2,1H3. The smallest absolute Gasteiger partial charge is 0.257 e. The summed E-state index contributed by atoms with van der Waals surface area (Å²) in [6.07, 6.45) is 0.266. The predicted octanol–water partition coefficient (Wildman–Crippen LogP) is 3.79. The molecular formula is C20H15ClN4O3. The summed E-state index contributed by atoms with van der Waals surface area (Å²) in [7, 11) is 1.55. The molecule has 0 aliphatic carbocycles. The zero-order chi connectivity index (χ0) is 19.7. The molecule has 4 rings (SSSR count). The predicted molar refractivity (Wildman–Crippen MR) is 102 cm³/mol. The van der Waals surface area contributed by atoms with Crippen molar-refractivity contribution in [2.45, 2.75) is 12.3 Å².